The quantitative estimate of drug-likeness (QED) is 0.174. The molecule has 154 valence electrons. The molecule has 0 spiro atoms. The second-order valence-corrected chi connectivity index (χ2v) is 13.8. The predicted octanol–water partition coefficient (Wildman–Crippen LogP) is 6.74. The van der Waals surface area contributed by atoms with Crippen molar-refractivity contribution in [2.75, 3.05) is 6.61 Å². The van der Waals surface area contributed by atoms with E-state index in [2.05, 4.69) is 47.7 Å². The minimum absolute atomic E-state index is 0.0937. The monoisotopic (exact) mass is 394 g/mol. The summed E-state index contributed by atoms with van der Waals surface area (Å²) in [4.78, 5) is 5.08. The number of hydrogen-bond donors (Lipinski definition) is 1. The van der Waals surface area contributed by atoms with Gasteiger partial charge in [-0.25, -0.2) is 5.26 Å². The van der Waals surface area contributed by atoms with Crippen molar-refractivity contribution < 1.29 is 19.3 Å². The van der Waals surface area contributed by atoms with Crippen LogP contribution in [0.15, 0.2) is 35.4 Å². The lowest BCUT2D eigenvalue weighted by Gasteiger charge is -2.38. The van der Waals surface area contributed by atoms with Gasteiger partial charge in [0.1, 0.15) is 5.75 Å². The van der Waals surface area contributed by atoms with E-state index < -0.39 is 14.1 Å². The zero-order valence-electron chi connectivity index (χ0n) is 18.8. The van der Waals surface area contributed by atoms with Gasteiger partial charge in [0, 0.05) is 12.2 Å². The van der Waals surface area contributed by atoms with Crippen LogP contribution in [-0.2, 0) is 15.4 Å². The number of rotatable bonds is 8. The van der Waals surface area contributed by atoms with Gasteiger partial charge in [-0.05, 0) is 62.5 Å². The Morgan fingerprint density at radius 2 is 1.74 bits per heavy atom. The standard InChI is InChI=1S/C22H38O4Si/c1-11-24-22(26-23,20(16(2)3)17(4)5)18-13-12-14-19(15-18)25-27(9,10)21(6,7)8/h12-16,23H,11H2,1-10H3. The van der Waals surface area contributed by atoms with Gasteiger partial charge < -0.3 is 9.16 Å². The number of hydrogen-bond acceptors (Lipinski definition) is 4. The van der Waals surface area contributed by atoms with Gasteiger partial charge in [-0.1, -0.05) is 52.3 Å². The van der Waals surface area contributed by atoms with Crippen molar-refractivity contribution in [3.8, 4) is 5.75 Å². The zero-order valence-corrected chi connectivity index (χ0v) is 19.8. The maximum absolute atomic E-state index is 9.99. The van der Waals surface area contributed by atoms with Gasteiger partial charge in [-0.3, -0.25) is 0 Å². The van der Waals surface area contributed by atoms with Gasteiger partial charge in [-0.15, -0.1) is 0 Å². The summed E-state index contributed by atoms with van der Waals surface area (Å²) < 4.78 is 12.5. The molecule has 0 amide bonds. The summed E-state index contributed by atoms with van der Waals surface area (Å²) in [6.45, 7) is 21.5. The van der Waals surface area contributed by atoms with Gasteiger partial charge >= 0.3 is 0 Å². The van der Waals surface area contributed by atoms with Crippen LogP contribution < -0.4 is 4.43 Å². The lowest BCUT2D eigenvalue weighted by atomic mass is 9.86. The molecule has 1 N–H and O–H groups in total. The first-order valence-electron chi connectivity index (χ1n) is 9.76. The first kappa shape index (κ1) is 23.9. The number of ether oxygens (including phenoxy) is 1. The van der Waals surface area contributed by atoms with E-state index in [-0.39, 0.29) is 11.0 Å². The predicted molar refractivity (Wildman–Crippen MR) is 114 cm³/mol. The fourth-order valence-electron chi connectivity index (χ4n) is 3.15. The Kier molecular flexibility index (Phi) is 7.88. The molecule has 1 unspecified atom stereocenters. The van der Waals surface area contributed by atoms with Gasteiger partial charge in [0.05, 0.1) is 0 Å². The Morgan fingerprint density at radius 3 is 2.15 bits per heavy atom. The molecule has 1 atom stereocenters. The van der Waals surface area contributed by atoms with Crippen LogP contribution in [0.25, 0.3) is 0 Å². The second kappa shape index (κ2) is 8.91. The molecule has 0 aliphatic carbocycles. The Bertz CT molecular complexity index is 655. The smallest absolute Gasteiger partial charge is 0.250 e. The van der Waals surface area contributed by atoms with Crippen molar-refractivity contribution in [1.29, 1.82) is 0 Å². The van der Waals surface area contributed by atoms with Crippen LogP contribution in [-0.4, -0.2) is 20.2 Å². The van der Waals surface area contributed by atoms with Crippen molar-refractivity contribution in [3.05, 3.63) is 41.0 Å². The molecule has 0 heterocycles. The molecule has 0 radical (unpaired) electrons. The van der Waals surface area contributed by atoms with E-state index in [1.165, 1.54) is 0 Å². The maximum Gasteiger partial charge on any atom is 0.250 e. The third-order valence-corrected chi connectivity index (χ3v) is 9.70. The molecule has 0 saturated heterocycles. The summed E-state index contributed by atoms with van der Waals surface area (Å²) in [6.07, 6.45) is 0. The summed E-state index contributed by atoms with van der Waals surface area (Å²) in [5.41, 5.74) is 2.70. The van der Waals surface area contributed by atoms with Crippen LogP contribution in [0.2, 0.25) is 18.1 Å². The maximum atomic E-state index is 9.99. The van der Waals surface area contributed by atoms with E-state index in [1.807, 2.05) is 45.0 Å². The van der Waals surface area contributed by atoms with E-state index in [0.717, 1.165) is 22.5 Å². The van der Waals surface area contributed by atoms with Crippen LogP contribution in [0.1, 0.15) is 61.0 Å². The van der Waals surface area contributed by atoms with Gasteiger partial charge in [-0.2, -0.15) is 4.89 Å². The molecule has 0 aromatic heterocycles. The molecule has 0 aliphatic rings. The van der Waals surface area contributed by atoms with Crippen molar-refractivity contribution in [3.63, 3.8) is 0 Å². The molecule has 5 heteroatoms. The molecule has 1 rings (SSSR count). The largest absolute Gasteiger partial charge is 0.543 e. The van der Waals surface area contributed by atoms with E-state index in [0.29, 0.717) is 6.61 Å². The van der Waals surface area contributed by atoms with Crippen LogP contribution in [0.3, 0.4) is 0 Å². The molecular formula is C22H38O4Si. The summed E-state index contributed by atoms with van der Waals surface area (Å²) >= 11 is 0. The fraction of sp³-hybridized carbons (Fsp3) is 0.636. The summed E-state index contributed by atoms with van der Waals surface area (Å²) in [5, 5.41) is 10.1. The molecule has 27 heavy (non-hydrogen) atoms. The molecule has 0 saturated carbocycles. The zero-order chi connectivity index (χ0) is 21.0. The van der Waals surface area contributed by atoms with Crippen LogP contribution >= 0.6 is 0 Å². The Hall–Kier alpha value is -1.14. The van der Waals surface area contributed by atoms with Crippen molar-refractivity contribution >= 4 is 8.32 Å². The number of benzene rings is 1. The summed E-state index contributed by atoms with van der Waals surface area (Å²) in [7, 11) is -1.98. The number of allylic oxidation sites excluding steroid dienone is 1. The van der Waals surface area contributed by atoms with Crippen LogP contribution in [0, 0.1) is 5.92 Å². The van der Waals surface area contributed by atoms with Crippen molar-refractivity contribution in [2.45, 2.75) is 79.3 Å². The lowest BCUT2D eigenvalue weighted by Crippen LogP contribution is -2.44. The molecule has 4 nitrogen and oxygen atoms in total. The van der Waals surface area contributed by atoms with Gasteiger partial charge in [0.25, 0.3) is 0 Å². The SMILES string of the molecule is CCOC(OO)(C(=C(C)C)C(C)C)c1cccc(O[Si](C)(C)C(C)(C)C)c1. The second-order valence-electron chi connectivity index (χ2n) is 9.10. The highest BCUT2D eigenvalue weighted by Crippen LogP contribution is 2.42. The summed E-state index contributed by atoms with van der Waals surface area (Å²) in [6, 6.07) is 7.72. The van der Waals surface area contributed by atoms with Crippen molar-refractivity contribution in [1.82, 2.24) is 0 Å². The highest BCUT2D eigenvalue weighted by Gasteiger charge is 2.43. The normalized spacial score (nSPS) is 14.8. The van der Waals surface area contributed by atoms with Crippen LogP contribution in [0.4, 0.5) is 0 Å². The van der Waals surface area contributed by atoms with Crippen molar-refractivity contribution in [2.24, 2.45) is 5.92 Å². The third kappa shape index (κ3) is 5.22. The van der Waals surface area contributed by atoms with E-state index in [1.54, 1.807) is 0 Å². The lowest BCUT2D eigenvalue weighted by molar-refractivity contribution is -0.398. The summed E-state index contributed by atoms with van der Waals surface area (Å²) in [5.74, 6) is -0.426. The molecule has 0 aliphatic heterocycles. The first-order valence-corrected chi connectivity index (χ1v) is 12.7. The highest BCUT2D eigenvalue weighted by molar-refractivity contribution is 6.74. The average Bonchev–Trinajstić information content (AvgIpc) is 2.52. The van der Waals surface area contributed by atoms with E-state index in [4.69, 9.17) is 14.1 Å². The third-order valence-electron chi connectivity index (χ3n) is 5.34. The fourth-order valence-corrected chi connectivity index (χ4v) is 4.17. The van der Waals surface area contributed by atoms with Gasteiger partial charge in [0.15, 0.2) is 0 Å². The van der Waals surface area contributed by atoms with Gasteiger partial charge in [0.2, 0.25) is 14.1 Å². The highest BCUT2D eigenvalue weighted by atomic mass is 28.4. The average molecular weight is 395 g/mol. The van der Waals surface area contributed by atoms with Crippen LogP contribution in [0.5, 0.6) is 5.75 Å². The van der Waals surface area contributed by atoms with E-state index in [9.17, 15) is 5.26 Å². The first-order chi connectivity index (χ1) is 12.3. The minimum Gasteiger partial charge on any atom is -0.543 e. The minimum atomic E-state index is -1.98. The molecule has 1 aromatic rings. The molecule has 0 bridgehead atoms. The topological polar surface area (TPSA) is 47.9 Å². The Morgan fingerprint density at radius 1 is 1.15 bits per heavy atom. The molecular weight excluding hydrogens is 356 g/mol. The Balaban J connectivity index is 3.52. The van der Waals surface area contributed by atoms with E-state index >= 15 is 0 Å². The molecule has 0 fully saturated rings. The Labute approximate surface area is 166 Å². The molecule has 1 aromatic carbocycles.